The third-order valence-corrected chi connectivity index (χ3v) is 7.99. The number of methoxy groups -OCH3 is 1. The number of rotatable bonds is 2. The second-order valence-electron chi connectivity index (χ2n) is 11.4. The molecule has 0 heterocycles. The lowest BCUT2D eigenvalue weighted by molar-refractivity contribution is 0.414. The molecular formula is C31H34OSi2. The average Bonchev–Trinajstić information content (AvgIpc) is 3.04. The van der Waals surface area contributed by atoms with Crippen LogP contribution in [0.3, 0.4) is 0 Å². The molecule has 1 aliphatic carbocycles. The van der Waals surface area contributed by atoms with Crippen molar-refractivity contribution in [2.75, 3.05) is 7.11 Å². The van der Waals surface area contributed by atoms with Gasteiger partial charge in [0, 0.05) is 16.5 Å². The fourth-order valence-electron chi connectivity index (χ4n) is 4.44. The predicted molar refractivity (Wildman–Crippen MR) is 151 cm³/mol. The Labute approximate surface area is 207 Å². The summed E-state index contributed by atoms with van der Waals surface area (Å²) in [4.78, 5) is 0. The quantitative estimate of drug-likeness (QED) is 0.274. The monoisotopic (exact) mass is 478 g/mol. The van der Waals surface area contributed by atoms with Crippen LogP contribution in [0.25, 0.3) is 11.1 Å². The number of ether oxygens (including phenoxy) is 1. The third-order valence-electron chi connectivity index (χ3n) is 6.24. The van der Waals surface area contributed by atoms with Crippen LogP contribution in [-0.2, 0) is 5.41 Å². The first-order chi connectivity index (χ1) is 15.9. The van der Waals surface area contributed by atoms with E-state index in [1.807, 2.05) is 0 Å². The highest BCUT2D eigenvalue weighted by Gasteiger charge is 2.41. The molecule has 0 atom stereocenters. The van der Waals surface area contributed by atoms with E-state index in [9.17, 15) is 0 Å². The minimum absolute atomic E-state index is 0.287. The van der Waals surface area contributed by atoms with Gasteiger partial charge in [0.25, 0.3) is 0 Å². The lowest BCUT2D eigenvalue weighted by Gasteiger charge is -2.28. The Balaban J connectivity index is 1.94. The van der Waals surface area contributed by atoms with E-state index in [2.05, 4.69) is 130 Å². The summed E-state index contributed by atoms with van der Waals surface area (Å²) in [6.07, 6.45) is 0. The van der Waals surface area contributed by atoms with E-state index in [0.29, 0.717) is 0 Å². The molecule has 34 heavy (non-hydrogen) atoms. The highest BCUT2D eigenvalue weighted by molar-refractivity contribution is 6.84. The zero-order valence-electron chi connectivity index (χ0n) is 21.7. The molecule has 0 aromatic heterocycles. The van der Waals surface area contributed by atoms with Crippen LogP contribution in [0.1, 0.15) is 34.7 Å². The van der Waals surface area contributed by atoms with Gasteiger partial charge in [0.1, 0.15) is 21.9 Å². The Morgan fingerprint density at radius 3 is 1.47 bits per heavy atom. The predicted octanol–water partition coefficient (Wildman–Crippen LogP) is 7.49. The number of fused-ring (bicyclic) bond motifs is 3. The maximum atomic E-state index is 5.44. The van der Waals surface area contributed by atoms with E-state index in [-0.39, 0.29) is 5.41 Å². The van der Waals surface area contributed by atoms with Crippen LogP contribution in [0.4, 0.5) is 0 Å². The lowest BCUT2D eigenvalue weighted by atomic mass is 9.74. The van der Waals surface area contributed by atoms with Gasteiger partial charge in [0.15, 0.2) is 0 Å². The summed E-state index contributed by atoms with van der Waals surface area (Å²) in [7, 11) is -1.20. The van der Waals surface area contributed by atoms with Crippen molar-refractivity contribution in [1.29, 1.82) is 0 Å². The van der Waals surface area contributed by atoms with E-state index in [0.717, 1.165) is 16.9 Å². The molecule has 0 fully saturated rings. The minimum atomic E-state index is -1.46. The topological polar surface area (TPSA) is 9.23 Å². The molecule has 0 saturated heterocycles. The standard InChI is InChI=1S/C31H34OSi2/c1-31(25-11-13-26(32-2)14-12-25)29-21-23(17-19-33(3,4)5)9-15-27(29)28-16-10-24(22-30(28)31)18-20-34(6,7)8/h9-16,21-22H,1-8H3. The molecule has 1 aliphatic rings. The number of hydrogen-bond donors (Lipinski definition) is 0. The second kappa shape index (κ2) is 8.66. The van der Waals surface area contributed by atoms with Crippen LogP contribution < -0.4 is 4.74 Å². The van der Waals surface area contributed by atoms with Gasteiger partial charge < -0.3 is 4.74 Å². The first-order valence-corrected chi connectivity index (χ1v) is 18.9. The summed E-state index contributed by atoms with van der Waals surface area (Å²) in [5.74, 6) is 7.81. The first kappa shape index (κ1) is 24.1. The Kier molecular flexibility index (Phi) is 6.15. The SMILES string of the molecule is COc1ccc(C2(C)c3cc(C#C[Si](C)(C)C)ccc3-c3ccc(C#C[Si](C)(C)C)cc32)cc1. The van der Waals surface area contributed by atoms with Gasteiger partial charge >= 0.3 is 0 Å². The maximum absolute atomic E-state index is 5.44. The zero-order valence-corrected chi connectivity index (χ0v) is 23.7. The van der Waals surface area contributed by atoms with E-state index >= 15 is 0 Å². The Bertz CT molecular complexity index is 1280. The van der Waals surface area contributed by atoms with Crippen molar-refractivity contribution in [3.8, 4) is 39.8 Å². The fourth-order valence-corrected chi connectivity index (χ4v) is 5.48. The van der Waals surface area contributed by atoms with Gasteiger partial charge in [-0.15, -0.1) is 11.1 Å². The summed E-state index contributed by atoms with van der Waals surface area (Å²) in [5, 5.41) is 0. The molecule has 3 aromatic carbocycles. The third kappa shape index (κ3) is 4.78. The molecule has 0 aliphatic heterocycles. The fraction of sp³-hybridized carbons (Fsp3) is 0.290. The maximum Gasteiger partial charge on any atom is 0.129 e. The van der Waals surface area contributed by atoms with E-state index < -0.39 is 16.1 Å². The molecule has 1 nitrogen and oxygen atoms in total. The van der Waals surface area contributed by atoms with Crippen LogP contribution in [0.5, 0.6) is 5.75 Å². The molecule has 0 unspecified atom stereocenters. The van der Waals surface area contributed by atoms with E-state index in [4.69, 9.17) is 4.74 Å². The zero-order chi connectivity index (χ0) is 24.7. The number of hydrogen-bond acceptors (Lipinski definition) is 1. The van der Waals surface area contributed by atoms with Crippen molar-refractivity contribution in [2.45, 2.75) is 51.6 Å². The Morgan fingerprint density at radius 2 is 1.09 bits per heavy atom. The number of benzene rings is 3. The van der Waals surface area contributed by atoms with Gasteiger partial charge in [-0.1, -0.05) is 75.4 Å². The van der Waals surface area contributed by atoms with Crippen molar-refractivity contribution in [3.63, 3.8) is 0 Å². The normalized spacial score (nSPS) is 13.6. The smallest absolute Gasteiger partial charge is 0.129 e. The van der Waals surface area contributed by atoms with Crippen molar-refractivity contribution >= 4 is 16.1 Å². The van der Waals surface area contributed by atoms with Crippen LogP contribution in [-0.4, -0.2) is 23.3 Å². The van der Waals surface area contributed by atoms with Crippen LogP contribution in [0.2, 0.25) is 39.3 Å². The first-order valence-electron chi connectivity index (χ1n) is 11.9. The minimum Gasteiger partial charge on any atom is -0.497 e. The van der Waals surface area contributed by atoms with Crippen molar-refractivity contribution in [3.05, 3.63) is 88.5 Å². The summed E-state index contributed by atoms with van der Waals surface area (Å²) >= 11 is 0. The second-order valence-corrected chi connectivity index (χ2v) is 20.9. The van der Waals surface area contributed by atoms with Crippen LogP contribution in [0.15, 0.2) is 60.7 Å². The largest absolute Gasteiger partial charge is 0.497 e. The van der Waals surface area contributed by atoms with Gasteiger partial charge in [0.05, 0.1) is 7.11 Å². The average molecular weight is 479 g/mol. The van der Waals surface area contributed by atoms with Gasteiger partial charge in [-0.05, 0) is 71.1 Å². The van der Waals surface area contributed by atoms with Crippen molar-refractivity contribution < 1.29 is 4.74 Å². The summed E-state index contributed by atoms with van der Waals surface area (Å²) in [6.45, 7) is 16.1. The molecule has 0 bridgehead atoms. The molecule has 172 valence electrons. The Hall–Kier alpha value is -2.99. The van der Waals surface area contributed by atoms with E-state index in [1.165, 1.54) is 27.8 Å². The van der Waals surface area contributed by atoms with Gasteiger partial charge in [-0.3, -0.25) is 0 Å². The molecule has 3 heteroatoms. The van der Waals surface area contributed by atoms with Crippen molar-refractivity contribution in [2.24, 2.45) is 0 Å². The highest BCUT2D eigenvalue weighted by atomic mass is 28.3. The van der Waals surface area contributed by atoms with Crippen molar-refractivity contribution in [1.82, 2.24) is 0 Å². The molecular weight excluding hydrogens is 445 g/mol. The summed E-state index contributed by atoms with van der Waals surface area (Å²) in [5.41, 5.74) is 15.4. The van der Waals surface area contributed by atoms with Gasteiger partial charge in [-0.2, -0.15) is 0 Å². The summed E-state index contributed by atoms with van der Waals surface area (Å²) < 4.78 is 5.44. The molecule has 0 spiro atoms. The highest BCUT2D eigenvalue weighted by Crippen LogP contribution is 2.52. The molecule has 0 amide bonds. The summed E-state index contributed by atoms with van der Waals surface area (Å²) in [6, 6.07) is 22.0. The van der Waals surface area contributed by atoms with Gasteiger partial charge in [0.2, 0.25) is 0 Å². The molecule has 0 saturated carbocycles. The van der Waals surface area contributed by atoms with Gasteiger partial charge in [-0.25, -0.2) is 0 Å². The molecule has 0 radical (unpaired) electrons. The molecule has 4 rings (SSSR count). The van der Waals surface area contributed by atoms with Crippen LogP contribution >= 0.6 is 0 Å². The molecule has 0 N–H and O–H groups in total. The Morgan fingerprint density at radius 1 is 0.647 bits per heavy atom. The van der Waals surface area contributed by atoms with E-state index in [1.54, 1.807) is 7.11 Å². The molecule has 3 aromatic rings. The lowest BCUT2D eigenvalue weighted by Crippen LogP contribution is -2.22. The van der Waals surface area contributed by atoms with Crippen LogP contribution in [0, 0.1) is 22.9 Å².